The summed E-state index contributed by atoms with van der Waals surface area (Å²) < 4.78 is 0.715. The lowest BCUT2D eigenvalue weighted by atomic mass is 10.2. The quantitative estimate of drug-likeness (QED) is 0.841. The van der Waals surface area contributed by atoms with Crippen molar-refractivity contribution in [2.24, 2.45) is 0 Å². The molecule has 5 nitrogen and oxygen atoms in total. The van der Waals surface area contributed by atoms with E-state index in [1.165, 1.54) is 11.3 Å². The van der Waals surface area contributed by atoms with Gasteiger partial charge >= 0.3 is 0 Å². The fraction of sp³-hybridized carbons (Fsp3) is 0.500. The average Bonchev–Trinajstić information content (AvgIpc) is 2.77. The number of aromatic amines is 1. The zero-order chi connectivity index (χ0) is 12.5. The molecule has 2 aromatic heterocycles. The Morgan fingerprint density at radius 3 is 3.33 bits per heavy atom. The van der Waals surface area contributed by atoms with Crippen LogP contribution in [-0.2, 0) is 6.54 Å². The van der Waals surface area contributed by atoms with Crippen molar-refractivity contribution in [3.63, 3.8) is 0 Å². The lowest BCUT2D eigenvalue weighted by molar-refractivity contribution is 0.195. The molecule has 0 aromatic carbocycles. The molecule has 2 N–H and O–H groups in total. The van der Waals surface area contributed by atoms with Gasteiger partial charge in [-0.05, 0) is 18.4 Å². The zero-order valence-corrected chi connectivity index (χ0v) is 11.1. The Hall–Kier alpha value is -1.24. The highest BCUT2D eigenvalue weighted by atomic mass is 32.1. The van der Waals surface area contributed by atoms with Gasteiger partial charge in [0.1, 0.15) is 10.5 Å². The van der Waals surface area contributed by atoms with Crippen LogP contribution >= 0.6 is 11.3 Å². The largest absolute Gasteiger partial charge is 0.312 e. The van der Waals surface area contributed by atoms with E-state index in [1.54, 1.807) is 0 Å². The zero-order valence-electron chi connectivity index (χ0n) is 10.3. The monoisotopic (exact) mass is 264 g/mol. The topological polar surface area (TPSA) is 61.0 Å². The number of nitrogens with one attached hydrogen (secondary N) is 2. The summed E-state index contributed by atoms with van der Waals surface area (Å²) in [6, 6.07) is 2.40. The molecule has 96 valence electrons. The number of fused-ring (bicyclic) bond motifs is 1. The molecule has 0 bridgehead atoms. The minimum absolute atomic E-state index is 0.0202. The highest BCUT2D eigenvalue weighted by Gasteiger charge is 2.16. The highest BCUT2D eigenvalue weighted by molar-refractivity contribution is 7.17. The molecule has 0 radical (unpaired) electrons. The van der Waals surface area contributed by atoms with Gasteiger partial charge in [-0.3, -0.25) is 9.69 Å². The Morgan fingerprint density at radius 1 is 1.61 bits per heavy atom. The lowest BCUT2D eigenvalue weighted by Gasteiger charge is -2.31. The molecule has 18 heavy (non-hydrogen) atoms. The molecule has 1 fully saturated rings. The van der Waals surface area contributed by atoms with E-state index in [0.29, 0.717) is 17.3 Å². The van der Waals surface area contributed by atoms with E-state index in [0.717, 1.165) is 31.0 Å². The van der Waals surface area contributed by atoms with Crippen LogP contribution in [0.4, 0.5) is 0 Å². The van der Waals surface area contributed by atoms with Crippen molar-refractivity contribution in [2.45, 2.75) is 19.5 Å². The Kier molecular flexibility index (Phi) is 3.15. The first kappa shape index (κ1) is 11.8. The lowest BCUT2D eigenvalue weighted by Crippen LogP contribution is -2.48. The molecule has 6 heteroatoms. The first-order chi connectivity index (χ1) is 8.72. The number of H-pyrrole nitrogens is 1. The second kappa shape index (κ2) is 4.79. The third kappa shape index (κ3) is 2.31. The van der Waals surface area contributed by atoms with Crippen LogP contribution in [0.15, 0.2) is 16.2 Å². The standard InChI is InChI=1S/C12H16N4OS/c1-8-6-16(4-3-13-8)7-10-14-9-2-5-18-11(9)12(17)15-10/h2,5,8,13H,3-4,6-7H2,1H3,(H,14,15,17)/t8-/m1/s1. The van der Waals surface area contributed by atoms with Crippen molar-refractivity contribution in [1.29, 1.82) is 0 Å². The number of hydrogen-bond donors (Lipinski definition) is 2. The van der Waals surface area contributed by atoms with Crippen LogP contribution in [0.2, 0.25) is 0 Å². The highest BCUT2D eigenvalue weighted by Crippen LogP contribution is 2.14. The van der Waals surface area contributed by atoms with Gasteiger partial charge in [-0.2, -0.15) is 0 Å². The summed E-state index contributed by atoms with van der Waals surface area (Å²) in [6.45, 7) is 5.87. The number of aromatic nitrogens is 2. The van der Waals surface area contributed by atoms with Gasteiger partial charge in [0.05, 0.1) is 12.1 Å². The minimum Gasteiger partial charge on any atom is -0.312 e. The van der Waals surface area contributed by atoms with Crippen molar-refractivity contribution < 1.29 is 0 Å². The molecule has 3 heterocycles. The normalized spacial score (nSPS) is 21.5. The van der Waals surface area contributed by atoms with Crippen LogP contribution in [0, 0.1) is 0 Å². The van der Waals surface area contributed by atoms with Gasteiger partial charge in [-0.1, -0.05) is 0 Å². The second-order valence-electron chi connectivity index (χ2n) is 4.74. The van der Waals surface area contributed by atoms with E-state index in [4.69, 9.17) is 0 Å². The molecule has 1 aliphatic rings. The molecule has 1 aliphatic heterocycles. The van der Waals surface area contributed by atoms with Gasteiger partial charge in [0.15, 0.2) is 0 Å². The second-order valence-corrected chi connectivity index (χ2v) is 5.65. The first-order valence-corrected chi connectivity index (χ1v) is 7.02. The molecule has 0 aliphatic carbocycles. The molecule has 0 saturated carbocycles. The van der Waals surface area contributed by atoms with Gasteiger partial charge < -0.3 is 10.3 Å². The van der Waals surface area contributed by atoms with Crippen molar-refractivity contribution in [1.82, 2.24) is 20.2 Å². The third-order valence-corrected chi connectivity index (χ3v) is 4.09. The molecule has 3 rings (SSSR count). The Morgan fingerprint density at radius 2 is 2.50 bits per heavy atom. The predicted octanol–water partition coefficient (Wildman–Crippen LogP) is 0.778. The summed E-state index contributed by atoms with van der Waals surface area (Å²) >= 11 is 1.44. The van der Waals surface area contributed by atoms with Crippen molar-refractivity contribution >= 4 is 21.6 Å². The molecule has 1 saturated heterocycles. The number of rotatable bonds is 2. The Balaban J connectivity index is 1.83. The predicted molar refractivity (Wildman–Crippen MR) is 73.0 cm³/mol. The minimum atomic E-state index is -0.0202. The van der Waals surface area contributed by atoms with Crippen LogP contribution in [0.1, 0.15) is 12.7 Å². The van der Waals surface area contributed by atoms with E-state index in [-0.39, 0.29) is 5.56 Å². The molecule has 1 atom stereocenters. The summed E-state index contributed by atoms with van der Waals surface area (Å²) in [5.74, 6) is 0.764. The maximum Gasteiger partial charge on any atom is 0.268 e. The summed E-state index contributed by atoms with van der Waals surface area (Å²) in [6.07, 6.45) is 0. The molecule has 0 unspecified atom stereocenters. The van der Waals surface area contributed by atoms with E-state index in [1.807, 2.05) is 11.4 Å². The number of nitrogens with zero attached hydrogens (tertiary/aromatic N) is 2. The van der Waals surface area contributed by atoms with Gasteiger partial charge in [-0.25, -0.2) is 4.98 Å². The smallest absolute Gasteiger partial charge is 0.268 e. The van der Waals surface area contributed by atoms with Crippen LogP contribution < -0.4 is 10.9 Å². The van der Waals surface area contributed by atoms with Crippen LogP contribution in [0.3, 0.4) is 0 Å². The number of hydrogen-bond acceptors (Lipinski definition) is 5. The Bertz CT molecular complexity index is 605. The third-order valence-electron chi connectivity index (χ3n) is 3.19. The maximum atomic E-state index is 11.9. The first-order valence-electron chi connectivity index (χ1n) is 6.14. The fourth-order valence-electron chi connectivity index (χ4n) is 2.36. The molecule has 0 spiro atoms. The summed E-state index contributed by atoms with van der Waals surface area (Å²) in [5, 5.41) is 5.31. The van der Waals surface area contributed by atoms with E-state index >= 15 is 0 Å². The van der Waals surface area contributed by atoms with Gasteiger partial charge in [0.2, 0.25) is 0 Å². The Labute approximate surface area is 109 Å². The van der Waals surface area contributed by atoms with Crippen molar-refractivity contribution in [2.75, 3.05) is 19.6 Å². The summed E-state index contributed by atoms with van der Waals surface area (Å²) in [4.78, 5) is 21.6. The number of thiophene rings is 1. The number of piperazine rings is 1. The van der Waals surface area contributed by atoms with Gasteiger partial charge in [0.25, 0.3) is 5.56 Å². The van der Waals surface area contributed by atoms with Gasteiger partial charge in [-0.15, -0.1) is 11.3 Å². The average molecular weight is 264 g/mol. The van der Waals surface area contributed by atoms with Crippen molar-refractivity contribution in [3.05, 3.63) is 27.6 Å². The van der Waals surface area contributed by atoms with Crippen molar-refractivity contribution in [3.8, 4) is 0 Å². The van der Waals surface area contributed by atoms with Gasteiger partial charge in [0, 0.05) is 25.7 Å². The fourth-order valence-corrected chi connectivity index (χ4v) is 3.09. The SMILES string of the molecule is C[C@@H]1CN(Cc2nc3ccsc3c(=O)[nH]2)CCN1. The van der Waals surface area contributed by atoms with Crippen LogP contribution in [0.25, 0.3) is 10.2 Å². The molecule has 2 aromatic rings. The van der Waals surface area contributed by atoms with E-state index in [2.05, 4.69) is 27.1 Å². The van der Waals surface area contributed by atoms with Crippen LogP contribution in [0.5, 0.6) is 0 Å². The molecular formula is C12H16N4OS. The summed E-state index contributed by atoms with van der Waals surface area (Å²) in [7, 11) is 0. The van der Waals surface area contributed by atoms with Crippen LogP contribution in [-0.4, -0.2) is 40.5 Å². The summed E-state index contributed by atoms with van der Waals surface area (Å²) in [5.41, 5.74) is 0.787. The van der Waals surface area contributed by atoms with E-state index < -0.39 is 0 Å². The molecular weight excluding hydrogens is 248 g/mol. The molecule has 0 amide bonds. The maximum absolute atomic E-state index is 11.9. The van der Waals surface area contributed by atoms with E-state index in [9.17, 15) is 4.79 Å².